The summed E-state index contributed by atoms with van der Waals surface area (Å²) in [6.45, 7) is 6.26. The van der Waals surface area contributed by atoms with Crippen molar-refractivity contribution in [2.75, 3.05) is 26.8 Å². The van der Waals surface area contributed by atoms with Crippen molar-refractivity contribution in [1.29, 1.82) is 0 Å². The van der Waals surface area contributed by atoms with Gasteiger partial charge >= 0.3 is 0 Å². The molecular weight excluding hydrogens is 376 g/mol. The average molecular weight is 411 g/mol. The highest BCUT2D eigenvalue weighted by atomic mass is 32.2. The SMILES string of the molecule is CCNC(=NCc1ccc(S(=O)(=O)NCCOC)cc1)NC1CCC(C)CC1. The predicted molar refractivity (Wildman–Crippen MR) is 113 cm³/mol. The lowest BCUT2D eigenvalue weighted by atomic mass is 9.87. The number of aliphatic imine (C=N–C) groups is 1. The molecule has 0 bridgehead atoms. The summed E-state index contributed by atoms with van der Waals surface area (Å²) in [5.74, 6) is 1.64. The van der Waals surface area contributed by atoms with E-state index in [-0.39, 0.29) is 11.4 Å². The van der Waals surface area contributed by atoms with Gasteiger partial charge in [0.25, 0.3) is 0 Å². The van der Waals surface area contributed by atoms with E-state index in [2.05, 4.69) is 34.2 Å². The molecule has 0 radical (unpaired) electrons. The number of rotatable bonds is 9. The van der Waals surface area contributed by atoms with Crippen LogP contribution in [0, 0.1) is 5.92 Å². The van der Waals surface area contributed by atoms with E-state index in [1.165, 1.54) is 32.8 Å². The summed E-state index contributed by atoms with van der Waals surface area (Å²) in [5.41, 5.74) is 0.963. The molecule has 1 aromatic rings. The first-order valence-corrected chi connectivity index (χ1v) is 11.5. The van der Waals surface area contributed by atoms with Crippen molar-refractivity contribution in [2.24, 2.45) is 10.9 Å². The van der Waals surface area contributed by atoms with Gasteiger partial charge < -0.3 is 15.4 Å². The zero-order valence-electron chi connectivity index (χ0n) is 17.2. The Bertz CT molecular complexity index is 711. The van der Waals surface area contributed by atoms with E-state index in [4.69, 9.17) is 4.74 Å². The number of ether oxygens (including phenoxy) is 1. The molecule has 1 saturated carbocycles. The van der Waals surface area contributed by atoms with Gasteiger partial charge in [-0.15, -0.1) is 0 Å². The van der Waals surface area contributed by atoms with E-state index in [9.17, 15) is 8.42 Å². The monoisotopic (exact) mass is 410 g/mol. The van der Waals surface area contributed by atoms with Crippen molar-refractivity contribution < 1.29 is 13.2 Å². The van der Waals surface area contributed by atoms with Gasteiger partial charge in [0, 0.05) is 26.2 Å². The molecule has 28 heavy (non-hydrogen) atoms. The van der Waals surface area contributed by atoms with Crippen molar-refractivity contribution in [3.63, 3.8) is 0 Å². The minimum atomic E-state index is -3.50. The molecule has 1 aliphatic carbocycles. The van der Waals surface area contributed by atoms with Crippen LogP contribution in [0.4, 0.5) is 0 Å². The van der Waals surface area contributed by atoms with Gasteiger partial charge in [0.1, 0.15) is 0 Å². The van der Waals surface area contributed by atoms with Crippen LogP contribution in [-0.2, 0) is 21.3 Å². The number of methoxy groups -OCH3 is 1. The minimum Gasteiger partial charge on any atom is -0.383 e. The molecule has 0 spiro atoms. The Labute approximate surface area is 169 Å². The fourth-order valence-electron chi connectivity index (χ4n) is 3.22. The highest BCUT2D eigenvalue weighted by molar-refractivity contribution is 7.89. The van der Waals surface area contributed by atoms with Gasteiger partial charge in [-0.2, -0.15) is 0 Å². The zero-order chi connectivity index (χ0) is 20.4. The Balaban J connectivity index is 1.94. The number of nitrogens with zero attached hydrogens (tertiary/aromatic N) is 1. The molecule has 2 rings (SSSR count). The van der Waals surface area contributed by atoms with E-state index in [1.54, 1.807) is 24.3 Å². The first kappa shape index (κ1) is 22.6. The first-order valence-electron chi connectivity index (χ1n) is 10.1. The van der Waals surface area contributed by atoms with Gasteiger partial charge in [-0.05, 0) is 56.2 Å². The van der Waals surface area contributed by atoms with Crippen LogP contribution in [0.15, 0.2) is 34.2 Å². The van der Waals surface area contributed by atoms with Crippen molar-refractivity contribution >= 4 is 16.0 Å². The molecule has 1 aliphatic rings. The molecule has 0 atom stereocenters. The van der Waals surface area contributed by atoms with Crippen LogP contribution < -0.4 is 15.4 Å². The number of hydrogen-bond donors (Lipinski definition) is 3. The minimum absolute atomic E-state index is 0.248. The summed E-state index contributed by atoms with van der Waals surface area (Å²) in [5, 5.41) is 6.83. The predicted octanol–water partition coefficient (Wildman–Crippen LogP) is 2.25. The van der Waals surface area contributed by atoms with Gasteiger partial charge in [-0.3, -0.25) is 0 Å². The lowest BCUT2D eigenvalue weighted by Crippen LogP contribution is -2.44. The smallest absolute Gasteiger partial charge is 0.240 e. The highest BCUT2D eigenvalue weighted by Gasteiger charge is 2.19. The quantitative estimate of drug-likeness (QED) is 0.330. The third kappa shape index (κ3) is 7.41. The Hall–Kier alpha value is -1.64. The molecular formula is C20H34N4O3S. The lowest BCUT2D eigenvalue weighted by Gasteiger charge is -2.28. The Morgan fingerprint density at radius 1 is 1.18 bits per heavy atom. The Kier molecular flexibility index (Phi) is 9.21. The highest BCUT2D eigenvalue weighted by Crippen LogP contribution is 2.23. The van der Waals surface area contributed by atoms with Crippen LogP contribution in [0.5, 0.6) is 0 Å². The van der Waals surface area contributed by atoms with Gasteiger partial charge in [-0.25, -0.2) is 18.1 Å². The molecule has 8 heteroatoms. The second kappa shape index (κ2) is 11.4. The Morgan fingerprint density at radius 3 is 2.46 bits per heavy atom. The van der Waals surface area contributed by atoms with E-state index in [0.717, 1.165) is 24.0 Å². The number of nitrogens with one attached hydrogen (secondary N) is 3. The van der Waals surface area contributed by atoms with Crippen molar-refractivity contribution in [2.45, 2.75) is 57.0 Å². The van der Waals surface area contributed by atoms with Crippen LogP contribution in [0.25, 0.3) is 0 Å². The molecule has 0 heterocycles. The van der Waals surface area contributed by atoms with Crippen LogP contribution in [0.2, 0.25) is 0 Å². The summed E-state index contributed by atoms with van der Waals surface area (Å²) in [6, 6.07) is 7.31. The normalized spacial score (nSPS) is 20.8. The van der Waals surface area contributed by atoms with E-state index < -0.39 is 10.0 Å². The third-order valence-electron chi connectivity index (χ3n) is 4.95. The van der Waals surface area contributed by atoms with E-state index >= 15 is 0 Å². The molecule has 7 nitrogen and oxygen atoms in total. The molecule has 3 N–H and O–H groups in total. The van der Waals surface area contributed by atoms with Crippen LogP contribution in [-0.4, -0.2) is 47.2 Å². The Morgan fingerprint density at radius 2 is 1.86 bits per heavy atom. The summed E-state index contributed by atoms with van der Waals surface area (Å²) >= 11 is 0. The molecule has 1 fully saturated rings. The maximum atomic E-state index is 12.2. The molecule has 1 aromatic carbocycles. The fourth-order valence-corrected chi connectivity index (χ4v) is 4.24. The largest absolute Gasteiger partial charge is 0.383 e. The van der Waals surface area contributed by atoms with Gasteiger partial charge in [0.05, 0.1) is 18.0 Å². The van der Waals surface area contributed by atoms with Gasteiger partial charge in [0.2, 0.25) is 10.0 Å². The van der Waals surface area contributed by atoms with E-state index in [0.29, 0.717) is 19.2 Å². The topological polar surface area (TPSA) is 91.8 Å². The molecule has 0 aliphatic heterocycles. The second-order valence-corrected chi connectivity index (χ2v) is 9.10. The standard InChI is InChI=1S/C20H34N4O3S/c1-4-21-20(24-18-9-5-16(2)6-10-18)22-15-17-7-11-19(12-8-17)28(25,26)23-13-14-27-3/h7-8,11-12,16,18,23H,4-6,9-10,13-15H2,1-3H3,(H2,21,22,24). The lowest BCUT2D eigenvalue weighted by molar-refractivity contribution is 0.204. The van der Waals surface area contributed by atoms with Crippen molar-refractivity contribution in [3.8, 4) is 0 Å². The summed E-state index contributed by atoms with van der Waals surface area (Å²) in [7, 11) is -1.97. The van der Waals surface area contributed by atoms with Crippen molar-refractivity contribution in [1.82, 2.24) is 15.4 Å². The van der Waals surface area contributed by atoms with Crippen LogP contribution in [0.3, 0.4) is 0 Å². The molecule has 0 amide bonds. The van der Waals surface area contributed by atoms with Crippen LogP contribution in [0.1, 0.15) is 45.1 Å². The molecule has 0 unspecified atom stereocenters. The second-order valence-electron chi connectivity index (χ2n) is 7.33. The fraction of sp³-hybridized carbons (Fsp3) is 0.650. The number of guanidine groups is 1. The van der Waals surface area contributed by atoms with Gasteiger partial charge in [-0.1, -0.05) is 19.1 Å². The third-order valence-corrected chi connectivity index (χ3v) is 6.43. The maximum Gasteiger partial charge on any atom is 0.240 e. The first-order chi connectivity index (χ1) is 13.4. The van der Waals surface area contributed by atoms with Crippen LogP contribution >= 0.6 is 0 Å². The number of hydrogen-bond acceptors (Lipinski definition) is 4. The molecule has 0 saturated heterocycles. The van der Waals surface area contributed by atoms with E-state index in [1.807, 2.05) is 0 Å². The maximum absolute atomic E-state index is 12.2. The molecule has 0 aromatic heterocycles. The number of benzene rings is 1. The average Bonchev–Trinajstić information content (AvgIpc) is 2.68. The van der Waals surface area contributed by atoms with Gasteiger partial charge in [0.15, 0.2) is 5.96 Å². The van der Waals surface area contributed by atoms with Crippen molar-refractivity contribution in [3.05, 3.63) is 29.8 Å². The summed E-state index contributed by atoms with van der Waals surface area (Å²) in [6.07, 6.45) is 4.86. The summed E-state index contributed by atoms with van der Waals surface area (Å²) in [4.78, 5) is 4.91. The molecule has 158 valence electrons. The number of sulfonamides is 1. The summed E-state index contributed by atoms with van der Waals surface area (Å²) < 4.78 is 31.8. The zero-order valence-corrected chi connectivity index (χ0v) is 18.0.